The van der Waals surface area contributed by atoms with Gasteiger partial charge < -0.3 is 24.1 Å². The molecule has 0 bridgehead atoms. The lowest BCUT2D eigenvalue weighted by molar-refractivity contribution is -0.153. The molecule has 0 saturated heterocycles. The van der Waals surface area contributed by atoms with Crippen LogP contribution < -0.4 is 9.47 Å². The van der Waals surface area contributed by atoms with E-state index in [1.54, 1.807) is 11.0 Å². The van der Waals surface area contributed by atoms with E-state index in [0.29, 0.717) is 23.5 Å². The number of para-hydroxylation sites is 1. The maximum absolute atomic E-state index is 13.7. The first-order valence-electron chi connectivity index (χ1n) is 10.3. The molecule has 2 aliphatic heterocycles. The van der Waals surface area contributed by atoms with Crippen LogP contribution in [0.25, 0.3) is 10.9 Å². The quantitative estimate of drug-likeness (QED) is 0.652. The molecule has 1 amide bonds. The second-order valence-electron chi connectivity index (χ2n) is 8.15. The first-order valence-corrected chi connectivity index (χ1v) is 10.3. The number of H-pyrrole nitrogens is 1. The van der Waals surface area contributed by atoms with Gasteiger partial charge in [-0.2, -0.15) is 0 Å². The van der Waals surface area contributed by atoms with E-state index < -0.39 is 18.1 Å². The minimum Gasteiger partial charge on any atom is -0.493 e. The van der Waals surface area contributed by atoms with Gasteiger partial charge in [-0.15, -0.1) is 0 Å². The van der Waals surface area contributed by atoms with Gasteiger partial charge in [0.2, 0.25) is 0 Å². The van der Waals surface area contributed by atoms with Gasteiger partial charge in [0.05, 0.1) is 31.9 Å². The lowest BCUT2D eigenvalue weighted by atomic mass is 9.90. The molecule has 1 N–H and O–H groups in total. The summed E-state index contributed by atoms with van der Waals surface area (Å²) in [5.41, 5.74) is 4.16. The van der Waals surface area contributed by atoms with E-state index in [-0.39, 0.29) is 12.0 Å². The van der Waals surface area contributed by atoms with Gasteiger partial charge in [-0.1, -0.05) is 24.3 Å². The number of esters is 1. The molecule has 7 nitrogen and oxygen atoms in total. The fourth-order valence-electron chi connectivity index (χ4n) is 4.88. The van der Waals surface area contributed by atoms with Crippen LogP contribution in [-0.2, 0) is 16.0 Å². The molecular formula is C24H24N2O5. The zero-order valence-electron chi connectivity index (χ0n) is 17.9. The number of hydrogen-bond acceptors (Lipinski definition) is 5. The summed E-state index contributed by atoms with van der Waals surface area (Å²) in [5.74, 6) is 0.203. The van der Waals surface area contributed by atoms with Crippen LogP contribution in [0, 0.1) is 0 Å². The number of aromatic nitrogens is 1. The van der Waals surface area contributed by atoms with Crippen molar-refractivity contribution in [2.45, 2.75) is 38.5 Å². The highest BCUT2D eigenvalue weighted by Crippen LogP contribution is 2.50. The van der Waals surface area contributed by atoms with Crippen LogP contribution in [0.2, 0.25) is 0 Å². The van der Waals surface area contributed by atoms with Gasteiger partial charge in [-0.05, 0) is 37.1 Å². The summed E-state index contributed by atoms with van der Waals surface area (Å²) < 4.78 is 16.5. The van der Waals surface area contributed by atoms with Crippen LogP contribution in [0.3, 0.4) is 0 Å². The zero-order valence-corrected chi connectivity index (χ0v) is 17.9. The third-order valence-electron chi connectivity index (χ3n) is 6.08. The molecule has 31 heavy (non-hydrogen) atoms. The Morgan fingerprint density at radius 2 is 1.90 bits per heavy atom. The van der Waals surface area contributed by atoms with E-state index >= 15 is 0 Å². The van der Waals surface area contributed by atoms with Crippen LogP contribution in [0.1, 0.15) is 47.1 Å². The zero-order chi connectivity index (χ0) is 21.9. The molecule has 5 rings (SSSR count). The molecule has 0 fully saturated rings. The molecule has 0 spiro atoms. The van der Waals surface area contributed by atoms with Gasteiger partial charge in [0, 0.05) is 23.0 Å². The SMILES string of the molecule is COc1ccc2c(c1OC)C(=O)N1[C@@H]2c2[nH]c3ccccc3c2C[C@H]1C(=O)OC(C)C. The van der Waals surface area contributed by atoms with Crippen molar-refractivity contribution < 1.29 is 23.8 Å². The van der Waals surface area contributed by atoms with Crippen molar-refractivity contribution in [2.75, 3.05) is 14.2 Å². The standard InChI is InChI=1S/C24H24N2O5/c1-12(2)31-24(28)17-11-15-13-7-5-6-8-16(13)25-20(15)21-14-9-10-18(29-3)22(30-4)19(14)23(27)26(17)21/h5-10,12,17,21,25H,11H2,1-4H3/t17-,21-/m0/s1. The Hall–Kier alpha value is -3.48. The second kappa shape index (κ2) is 7.04. The van der Waals surface area contributed by atoms with E-state index in [1.807, 2.05) is 44.2 Å². The van der Waals surface area contributed by atoms with Gasteiger partial charge in [0.25, 0.3) is 5.91 Å². The molecule has 0 unspecified atom stereocenters. The minimum absolute atomic E-state index is 0.259. The Labute approximate surface area is 179 Å². The predicted molar refractivity (Wildman–Crippen MR) is 115 cm³/mol. The number of nitrogens with zero attached hydrogens (tertiary/aromatic N) is 1. The summed E-state index contributed by atoms with van der Waals surface area (Å²) in [5, 5.41) is 1.06. The van der Waals surface area contributed by atoms with Gasteiger partial charge in [0.1, 0.15) is 6.04 Å². The number of methoxy groups -OCH3 is 2. The maximum Gasteiger partial charge on any atom is 0.329 e. The first-order chi connectivity index (χ1) is 15.0. The summed E-state index contributed by atoms with van der Waals surface area (Å²) in [7, 11) is 3.05. The number of rotatable bonds is 4. The third-order valence-corrected chi connectivity index (χ3v) is 6.08. The van der Waals surface area contributed by atoms with Crippen LogP contribution >= 0.6 is 0 Å². The topological polar surface area (TPSA) is 80.9 Å². The maximum atomic E-state index is 13.7. The highest BCUT2D eigenvalue weighted by atomic mass is 16.5. The van der Waals surface area contributed by atoms with Gasteiger partial charge in [-0.25, -0.2) is 4.79 Å². The summed E-state index contributed by atoms with van der Waals surface area (Å²) in [6.45, 7) is 3.62. The monoisotopic (exact) mass is 420 g/mol. The normalized spacial score (nSPS) is 19.3. The molecule has 0 saturated carbocycles. The van der Waals surface area contributed by atoms with Crippen molar-refractivity contribution in [3.63, 3.8) is 0 Å². The summed E-state index contributed by atoms with van der Waals surface area (Å²) in [6, 6.07) is 10.5. The number of amides is 1. The molecule has 0 aliphatic carbocycles. The van der Waals surface area contributed by atoms with E-state index in [1.165, 1.54) is 14.2 Å². The molecule has 1 aromatic heterocycles. The number of aromatic amines is 1. The molecule has 7 heteroatoms. The van der Waals surface area contributed by atoms with Crippen LogP contribution in [0.4, 0.5) is 0 Å². The van der Waals surface area contributed by atoms with Crippen molar-refractivity contribution >= 4 is 22.8 Å². The van der Waals surface area contributed by atoms with Crippen molar-refractivity contribution in [3.05, 3.63) is 58.8 Å². The Morgan fingerprint density at radius 3 is 2.61 bits per heavy atom. The van der Waals surface area contributed by atoms with Crippen molar-refractivity contribution in [3.8, 4) is 11.5 Å². The van der Waals surface area contributed by atoms with Gasteiger partial charge in [0.15, 0.2) is 11.5 Å². The average Bonchev–Trinajstić information content (AvgIpc) is 3.27. The number of nitrogens with one attached hydrogen (secondary N) is 1. The van der Waals surface area contributed by atoms with Gasteiger partial charge >= 0.3 is 5.97 Å². The van der Waals surface area contributed by atoms with Crippen molar-refractivity contribution in [1.82, 2.24) is 9.88 Å². The first kappa shape index (κ1) is 19.5. The largest absolute Gasteiger partial charge is 0.493 e. The van der Waals surface area contributed by atoms with E-state index in [4.69, 9.17) is 14.2 Å². The second-order valence-corrected chi connectivity index (χ2v) is 8.15. The van der Waals surface area contributed by atoms with E-state index in [0.717, 1.165) is 27.7 Å². The van der Waals surface area contributed by atoms with Crippen LogP contribution in [0.5, 0.6) is 11.5 Å². The molecule has 160 valence electrons. The molecule has 3 heterocycles. The van der Waals surface area contributed by atoms with E-state index in [2.05, 4.69) is 4.98 Å². The Bertz CT molecular complexity index is 1210. The smallest absolute Gasteiger partial charge is 0.329 e. The Balaban J connectivity index is 1.76. The lowest BCUT2D eigenvalue weighted by Crippen LogP contribution is -2.49. The molecule has 0 radical (unpaired) electrons. The fraction of sp³-hybridized carbons (Fsp3) is 0.333. The van der Waals surface area contributed by atoms with Crippen LogP contribution in [0.15, 0.2) is 36.4 Å². The molecular weight excluding hydrogens is 396 g/mol. The molecule has 3 aromatic rings. The highest BCUT2D eigenvalue weighted by molar-refractivity contribution is 6.06. The van der Waals surface area contributed by atoms with E-state index in [9.17, 15) is 9.59 Å². The summed E-state index contributed by atoms with van der Waals surface area (Å²) in [4.78, 5) is 31.9. The third kappa shape index (κ3) is 2.72. The predicted octanol–water partition coefficient (Wildman–Crippen LogP) is 3.61. The van der Waals surface area contributed by atoms with Crippen molar-refractivity contribution in [2.24, 2.45) is 0 Å². The lowest BCUT2D eigenvalue weighted by Gasteiger charge is -2.36. The number of benzene rings is 2. The average molecular weight is 420 g/mol. The number of carbonyl (C=O) groups excluding carboxylic acids is 2. The summed E-state index contributed by atoms with van der Waals surface area (Å²) in [6.07, 6.45) is 0.116. The fourth-order valence-corrected chi connectivity index (χ4v) is 4.88. The summed E-state index contributed by atoms with van der Waals surface area (Å²) >= 11 is 0. The molecule has 2 aromatic carbocycles. The van der Waals surface area contributed by atoms with Crippen molar-refractivity contribution in [1.29, 1.82) is 0 Å². The number of hydrogen-bond donors (Lipinski definition) is 1. The Morgan fingerprint density at radius 1 is 1.13 bits per heavy atom. The minimum atomic E-state index is -0.727. The number of fused-ring (bicyclic) bond motifs is 7. The highest BCUT2D eigenvalue weighted by Gasteiger charge is 2.51. The molecule has 2 aliphatic rings. The molecule has 2 atom stereocenters. The number of carbonyl (C=O) groups is 2. The Kier molecular flexibility index (Phi) is 4.43. The van der Waals surface area contributed by atoms with Crippen LogP contribution in [-0.4, -0.2) is 48.1 Å². The van der Waals surface area contributed by atoms with Gasteiger partial charge in [-0.3, -0.25) is 4.79 Å². The number of ether oxygens (including phenoxy) is 3.